The summed E-state index contributed by atoms with van der Waals surface area (Å²) >= 11 is 6.15. The zero-order valence-electron chi connectivity index (χ0n) is 15.4. The number of hydrogen-bond acceptors (Lipinski definition) is 3. The summed E-state index contributed by atoms with van der Waals surface area (Å²) in [6.45, 7) is 1.81. The first-order valence-electron chi connectivity index (χ1n) is 8.86. The van der Waals surface area contributed by atoms with Crippen molar-refractivity contribution in [1.29, 1.82) is 0 Å². The number of carbonyl (C=O) groups excluding carboxylic acids is 1. The molecule has 2 aromatic rings. The van der Waals surface area contributed by atoms with Gasteiger partial charge in [0.2, 0.25) is 15.9 Å². The Morgan fingerprint density at radius 2 is 1.81 bits per heavy atom. The fourth-order valence-corrected chi connectivity index (χ4v) is 4.48. The van der Waals surface area contributed by atoms with Crippen molar-refractivity contribution in [2.24, 2.45) is 0 Å². The number of anilines is 2. The molecule has 0 aliphatic heterocycles. The highest BCUT2D eigenvalue weighted by Gasteiger charge is 2.42. The first-order chi connectivity index (χ1) is 12.7. The van der Waals surface area contributed by atoms with E-state index in [4.69, 9.17) is 11.6 Å². The van der Waals surface area contributed by atoms with Crippen molar-refractivity contribution in [3.8, 4) is 0 Å². The van der Waals surface area contributed by atoms with Crippen LogP contribution in [0, 0.1) is 6.92 Å². The van der Waals surface area contributed by atoms with E-state index in [1.54, 1.807) is 24.3 Å². The number of hydrogen-bond donors (Lipinski definition) is 2. The van der Waals surface area contributed by atoms with Crippen molar-refractivity contribution >= 4 is 38.9 Å². The zero-order valence-corrected chi connectivity index (χ0v) is 17.0. The average molecular weight is 407 g/mol. The van der Waals surface area contributed by atoms with Crippen molar-refractivity contribution in [3.05, 3.63) is 58.6 Å². The summed E-state index contributed by atoms with van der Waals surface area (Å²) < 4.78 is 25.6. The highest BCUT2D eigenvalue weighted by atomic mass is 35.5. The molecule has 3 rings (SSSR count). The van der Waals surface area contributed by atoms with Crippen LogP contribution in [0.15, 0.2) is 42.5 Å². The van der Waals surface area contributed by atoms with E-state index in [0.29, 0.717) is 16.4 Å². The maximum atomic E-state index is 13.2. The third-order valence-electron chi connectivity index (χ3n) is 5.06. The Bertz CT molecular complexity index is 967. The number of aryl methyl sites for hydroxylation is 1. The molecule has 1 aliphatic rings. The Kier molecular flexibility index (Phi) is 5.49. The van der Waals surface area contributed by atoms with Crippen molar-refractivity contribution in [2.75, 3.05) is 16.3 Å². The van der Waals surface area contributed by atoms with E-state index in [1.165, 1.54) is 0 Å². The minimum Gasteiger partial charge on any atom is -0.325 e. The van der Waals surface area contributed by atoms with Crippen molar-refractivity contribution in [2.45, 2.75) is 38.0 Å². The summed E-state index contributed by atoms with van der Waals surface area (Å²) in [7, 11) is -3.40. The van der Waals surface area contributed by atoms with Gasteiger partial charge in [-0.15, -0.1) is 0 Å². The van der Waals surface area contributed by atoms with E-state index in [-0.39, 0.29) is 5.91 Å². The number of sulfonamides is 1. The number of carbonyl (C=O) groups is 1. The van der Waals surface area contributed by atoms with Gasteiger partial charge in [-0.25, -0.2) is 8.42 Å². The lowest BCUT2D eigenvalue weighted by atomic mass is 9.78. The third kappa shape index (κ3) is 4.45. The maximum Gasteiger partial charge on any atom is 0.235 e. The van der Waals surface area contributed by atoms with Gasteiger partial charge in [-0.1, -0.05) is 42.6 Å². The Morgan fingerprint density at radius 1 is 1.11 bits per heavy atom. The molecule has 1 aliphatic carbocycles. The van der Waals surface area contributed by atoms with Crippen molar-refractivity contribution in [3.63, 3.8) is 0 Å². The molecule has 0 aromatic heterocycles. The average Bonchev–Trinajstić information content (AvgIpc) is 3.08. The van der Waals surface area contributed by atoms with Crippen LogP contribution in [0.3, 0.4) is 0 Å². The maximum absolute atomic E-state index is 13.2. The Labute approximate surface area is 165 Å². The van der Waals surface area contributed by atoms with Crippen molar-refractivity contribution in [1.82, 2.24) is 0 Å². The van der Waals surface area contributed by atoms with Gasteiger partial charge in [-0.2, -0.15) is 0 Å². The fraction of sp³-hybridized carbons (Fsp3) is 0.350. The van der Waals surface area contributed by atoms with Crippen LogP contribution in [0.4, 0.5) is 11.4 Å². The van der Waals surface area contributed by atoms with Gasteiger partial charge in [0.05, 0.1) is 17.4 Å². The lowest BCUT2D eigenvalue weighted by Crippen LogP contribution is -2.38. The molecule has 144 valence electrons. The molecule has 1 saturated carbocycles. The second kappa shape index (κ2) is 7.52. The summed E-state index contributed by atoms with van der Waals surface area (Å²) in [5, 5.41) is 3.59. The van der Waals surface area contributed by atoms with Crippen LogP contribution in [0.2, 0.25) is 5.02 Å². The number of halogens is 1. The lowest BCUT2D eigenvalue weighted by molar-refractivity contribution is -0.121. The normalized spacial score (nSPS) is 16.1. The first kappa shape index (κ1) is 19.7. The smallest absolute Gasteiger partial charge is 0.235 e. The van der Waals surface area contributed by atoms with E-state index in [2.05, 4.69) is 10.0 Å². The van der Waals surface area contributed by atoms with E-state index in [1.807, 2.05) is 25.1 Å². The van der Waals surface area contributed by atoms with E-state index in [9.17, 15) is 13.2 Å². The molecule has 0 atom stereocenters. The standard InChI is InChI=1S/C20H23ClN2O3S/c1-14-8-9-17(13-18(14)23-27(2,25)26)22-19(24)20(10-3-4-11-20)15-6-5-7-16(21)12-15/h5-9,12-13,23H,3-4,10-11H2,1-2H3,(H,22,24). The SMILES string of the molecule is Cc1ccc(NC(=O)C2(c3cccc(Cl)c3)CCCC2)cc1NS(C)(=O)=O. The minimum atomic E-state index is -3.40. The van der Waals surface area contributed by atoms with Crippen LogP contribution in [0.25, 0.3) is 0 Å². The minimum absolute atomic E-state index is 0.0866. The quantitative estimate of drug-likeness (QED) is 0.769. The molecule has 0 radical (unpaired) electrons. The van der Waals surface area contributed by atoms with Crippen LogP contribution >= 0.6 is 11.6 Å². The molecule has 2 aromatic carbocycles. The highest BCUT2D eigenvalue weighted by Crippen LogP contribution is 2.42. The van der Waals surface area contributed by atoms with Gasteiger partial charge in [-0.05, 0) is 55.2 Å². The van der Waals surface area contributed by atoms with Gasteiger partial charge < -0.3 is 5.32 Å². The second-order valence-electron chi connectivity index (χ2n) is 7.16. The molecule has 0 unspecified atom stereocenters. The molecular weight excluding hydrogens is 384 g/mol. The molecule has 27 heavy (non-hydrogen) atoms. The molecule has 0 saturated heterocycles. The Balaban J connectivity index is 1.90. The Hall–Kier alpha value is -2.05. The van der Waals surface area contributed by atoms with E-state index >= 15 is 0 Å². The molecule has 0 heterocycles. The van der Waals surface area contributed by atoms with Crippen LogP contribution in [-0.2, 0) is 20.2 Å². The molecule has 5 nitrogen and oxygen atoms in total. The molecule has 0 bridgehead atoms. The van der Waals surface area contributed by atoms with Crippen LogP contribution in [0.1, 0.15) is 36.8 Å². The summed E-state index contributed by atoms with van der Waals surface area (Å²) in [5.74, 6) is -0.0866. The summed E-state index contributed by atoms with van der Waals surface area (Å²) in [4.78, 5) is 13.2. The second-order valence-corrected chi connectivity index (χ2v) is 9.34. The monoisotopic (exact) mass is 406 g/mol. The number of rotatable bonds is 5. The van der Waals surface area contributed by atoms with Crippen LogP contribution < -0.4 is 10.0 Å². The Morgan fingerprint density at radius 3 is 2.44 bits per heavy atom. The first-order valence-corrected chi connectivity index (χ1v) is 11.1. The largest absolute Gasteiger partial charge is 0.325 e. The van der Waals surface area contributed by atoms with Gasteiger partial charge >= 0.3 is 0 Å². The number of nitrogens with one attached hydrogen (secondary N) is 2. The number of benzene rings is 2. The van der Waals surface area contributed by atoms with Crippen LogP contribution in [-0.4, -0.2) is 20.6 Å². The molecule has 1 amide bonds. The summed E-state index contributed by atoms with van der Waals surface area (Å²) in [6.07, 6.45) is 4.59. The molecular formula is C20H23ClN2O3S. The van der Waals surface area contributed by atoms with E-state index < -0.39 is 15.4 Å². The molecule has 1 fully saturated rings. The van der Waals surface area contributed by atoms with Gasteiger partial charge in [0.1, 0.15) is 0 Å². The van der Waals surface area contributed by atoms with Gasteiger partial charge in [0.15, 0.2) is 0 Å². The number of amides is 1. The summed E-state index contributed by atoms with van der Waals surface area (Å²) in [5.41, 5.74) is 2.11. The topological polar surface area (TPSA) is 75.3 Å². The molecule has 0 spiro atoms. The van der Waals surface area contributed by atoms with Gasteiger partial charge in [0, 0.05) is 10.7 Å². The van der Waals surface area contributed by atoms with E-state index in [0.717, 1.165) is 43.1 Å². The zero-order chi connectivity index (χ0) is 19.7. The molecule has 7 heteroatoms. The fourth-order valence-electron chi connectivity index (χ4n) is 3.67. The van der Waals surface area contributed by atoms with Gasteiger partial charge in [-0.3, -0.25) is 9.52 Å². The highest BCUT2D eigenvalue weighted by molar-refractivity contribution is 7.92. The van der Waals surface area contributed by atoms with Gasteiger partial charge in [0.25, 0.3) is 0 Å². The lowest BCUT2D eigenvalue weighted by Gasteiger charge is -2.28. The van der Waals surface area contributed by atoms with Crippen LogP contribution in [0.5, 0.6) is 0 Å². The van der Waals surface area contributed by atoms with Crippen molar-refractivity contribution < 1.29 is 13.2 Å². The molecule has 2 N–H and O–H groups in total. The predicted octanol–water partition coefficient (Wildman–Crippen LogP) is 4.47. The third-order valence-corrected chi connectivity index (χ3v) is 5.89. The summed E-state index contributed by atoms with van der Waals surface area (Å²) in [6, 6.07) is 12.7. The predicted molar refractivity (Wildman–Crippen MR) is 110 cm³/mol.